The van der Waals surface area contributed by atoms with Gasteiger partial charge in [-0.15, -0.1) is 0 Å². The van der Waals surface area contributed by atoms with Gasteiger partial charge in [-0.2, -0.15) is 0 Å². The molecule has 0 radical (unpaired) electrons. The molecule has 1 aromatic carbocycles. The van der Waals surface area contributed by atoms with Gasteiger partial charge in [0.1, 0.15) is 0 Å². The predicted octanol–water partition coefficient (Wildman–Crippen LogP) is 7.10. The predicted molar refractivity (Wildman–Crippen MR) is 143 cm³/mol. The second kappa shape index (κ2) is 16.5. The monoisotopic (exact) mass is 593 g/mol. The van der Waals surface area contributed by atoms with Crippen LogP contribution in [0.5, 0.6) is 0 Å². The zero-order valence-electron chi connectivity index (χ0n) is 20.7. The summed E-state index contributed by atoms with van der Waals surface area (Å²) in [7, 11) is -3.07. The molecule has 4 nitrogen and oxygen atoms in total. The first-order valence-corrected chi connectivity index (χ1v) is 22.8. The Hall–Kier alpha value is -0.111. The molecular formula is C25H44ClNO3SSn. The van der Waals surface area contributed by atoms with Gasteiger partial charge in [-0.05, 0) is 0 Å². The number of sulfone groups is 1. The molecule has 0 spiro atoms. The summed E-state index contributed by atoms with van der Waals surface area (Å²) in [6, 6.07) is 5.34. The van der Waals surface area contributed by atoms with E-state index in [0.29, 0.717) is 17.1 Å². The molecule has 0 amide bonds. The molecule has 0 aliphatic heterocycles. The molecule has 0 bridgehead atoms. The summed E-state index contributed by atoms with van der Waals surface area (Å²) < 4.78 is 34.7. The van der Waals surface area contributed by atoms with Crippen molar-refractivity contribution in [3.05, 3.63) is 34.3 Å². The Morgan fingerprint density at radius 3 is 2.09 bits per heavy atom. The van der Waals surface area contributed by atoms with E-state index >= 15 is 0 Å². The Bertz CT molecular complexity index is 762. The van der Waals surface area contributed by atoms with Gasteiger partial charge in [0.15, 0.2) is 9.84 Å². The summed E-state index contributed by atoms with van der Waals surface area (Å²) >= 11 is 4.11. The number of rotatable bonds is 18. The fourth-order valence-corrected chi connectivity index (χ4v) is 19.5. The second-order valence-electron chi connectivity index (χ2n) is 9.18. The molecule has 0 saturated carbocycles. The van der Waals surface area contributed by atoms with Gasteiger partial charge < -0.3 is 0 Å². The van der Waals surface area contributed by atoms with E-state index in [0.717, 1.165) is 23.2 Å². The Labute approximate surface area is 206 Å². The number of halogens is 1. The Morgan fingerprint density at radius 2 is 1.59 bits per heavy atom. The number of unbranched alkanes of at least 4 members (excludes halogenated alkanes) is 3. The molecule has 0 unspecified atom stereocenters. The normalized spacial score (nSPS) is 12.7. The molecule has 0 saturated heterocycles. The quantitative estimate of drug-likeness (QED) is 0.104. The van der Waals surface area contributed by atoms with E-state index < -0.39 is 28.2 Å². The van der Waals surface area contributed by atoms with Crippen molar-refractivity contribution in [3.8, 4) is 0 Å². The van der Waals surface area contributed by atoms with E-state index in [2.05, 4.69) is 25.8 Å². The van der Waals surface area contributed by atoms with Crippen molar-refractivity contribution in [2.24, 2.45) is 4.99 Å². The number of aliphatic imine (C=N–C) groups is 1. The summed E-state index contributed by atoms with van der Waals surface area (Å²) in [5.74, 6) is 0.00273. The third-order valence-electron chi connectivity index (χ3n) is 5.89. The van der Waals surface area contributed by atoms with Gasteiger partial charge >= 0.3 is 183 Å². The van der Waals surface area contributed by atoms with Gasteiger partial charge in [0, 0.05) is 6.26 Å². The second-order valence-corrected chi connectivity index (χ2v) is 25.4. The zero-order valence-corrected chi connectivity index (χ0v) is 25.1. The van der Waals surface area contributed by atoms with Crippen molar-refractivity contribution in [2.45, 2.75) is 84.8 Å². The zero-order chi connectivity index (χ0) is 23.9. The van der Waals surface area contributed by atoms with Crippen molar-refractivity contribution in [1.29, 1.82) is 0 Å². The van der Waals surface area contributed by atoms with E-state index in [4.69, 9.17) is 16.3 Å². The molecule has 0 aliphatic rings. The van der Waals surface area contributed by atoms with Crippen LogP contribution >= 0.6 is 11.6 Å². The minimum atomic E-state index is -3.07. The fraction of sp³-hybridized carbons (Fsp3) is 0.720. The van der Waals surface area contributed by atoms with E-state index in [1.807, 2.05) is 6.07 Å². The van der Waals surface area contributed by atoms with Gasteiger partial charge in [0.05, 0.1) is 0 Å². The maximum absolute atomic E-state index is 11.4. The van der Waals surface area contributed by atoms with Crippen LogP contribution < -0.4 is 0 Å². The molecule has 184 valence electrons. The Kier molecular flexibility index (Phi) is 15.4. The van der Waals surface area contributed by atoms with Gasteiger partial charge in [0.25, 0.3) is 0 Å². The van der Waals surface area contributed by atoms with Gasteiger partial charge in [-0.25, -0.2) is 8.42 Å². The molecule has 0 aliphatic carbocycles. The summed E-state index contributed by atoms with van der Waals surface area (Å²) in [5, 5.41) is 0.535. The molecule has 1 aromatic rings. The van der Waals surface area contributed by atoms with Crippen LogP contribution in [0.3, 0.4) is 0 Å². The van der Waals surface area contributed by atoms with E-state index in [1.165, 1.54) is 58.1 Å². The van der Waals surface area contributed by atoms with Crippen LogP contribution in [0.1, 0.15) is 76.8 Å². The Morgan fingerprint density at radius 1 is 1.00 bits per heavy atom. The van der Waals surface area contributed by atoms with Crippen LogP contribution in [-0.2, 0) is 20.3 Å². The average molecular weight is 593 g/mol. The maximum atomic E-state index is 11.4. The number of hydrogen-bond donors (Lipinski definition) is 0. The van der Waals surface area contributed by atoms with Crippen LogP contribution in [0.2, 0.25) is 18.3 Å². The SMILES string of the molecule is CCC[CH2][Sn]([CH2]CCC)([CH2]CCC)[CH2]OCCCN=Cc1ccc(CS(C)(=O)=O)cc1Cl. The molecule has 0 atom stereocenters. The van der Waals surface area contributed by atoms with Crippen molar-refractivity contribution in [3.63, 3.8) is 0 Å². The average Bonchev–Trinajstić information content (AvgIpc) is 2.74. The topological polar surface area (TPSA) is 55.7 Å². The molecular weight excluding hydrogens is 549 g/mol. The Balaban J connectivity index is 2.50. The first-order valence-electron chi connectivity index (χ1n) is 12.3. The first-order chi connectivity index (χ1) is 15.2. The number of nitrogens with zero attached hydrogens (tertiary/aromatic N) is 1. The van der Waals surface area contributed by atoms with E-state index in [9.17, 15) is 8.42 Å². The molecule has 32 heavy (non-hydrogen) atoms. The molecule has 7 heteroatoms. The fourth-order valence-electron chi connectivity index (χ4n) is 4.02. The third kappa shape index (κ3) is 12.9. The summed E-state index contributed by atoms with van der Waals surface area (Å²) in [4.78, 5) is 4.50. The molecule has 0 heterocycles. The number of hydrogen-bond acceptors (Lipinski definition) is 4. The van der Waals surface area contributed by atoms with Gasteiger partial charge in [-0.3, -0.25) is 0 Å². The summed E-state index contributed by atoms with van der Waals surface area (Å²) in [6.45, 7) is 8.41. The molecule has 0 N–H and O–H groups in total. The van der Waals surface area contributed by atoms with Crippen LogP contribution in [0.15, 0.2) is 23.2 Å². The summed E-state index contributed by atoms with van der Waals surface area (Å²) in [5.41, 5.74) is 1.52. The van der Waals surface area contributed by atoms with E-state index in [-0.39, 0.29) is 5.75 Å². The van der Waals surface area contributed by atoms with Crippen molar-refractivity contribution >= 4 is 46.0 Å². The van der Waals surface area contributed by atoms with Gasteiger partial charge in [-0.1, -0.05) is 0 Å². The van der Waals surface area contributed by atoms with Crippen molar-refractivity contribution in [2.75, 3.05) is 24.0 Å². The molecule has 1 rings (SSSR count). The number of ether oxygens (including phenoxy) is 1. The standard InChI is InChI=1S/C13H17ClNO3S.3C4H9.Sn/c1-18-7-3-6-15-9-12-5-4-11(8-13(12)14)10-19(2,16)17;3*1-3-4-2;/h4-5,8-9H,1,3,6-7,10H2,2H3;3*1,3-4H2,2H3;. The van der Waals surface area contributed by atoms with Crippen molar-refractivity contribution in [1.82, 2.24) is 0 Å². The van der Waals surface area contributed by atoms with Crippen molar-refractivity contribution < 1.29 is 13.2 Å². The molecule has 0 aromatic heterocycles. The van der Waals surface area contributed by atoms with Gasteiger partial charge in [0.2, 0.25) is 0 Å². The number of benzene rings is 1. The third-order valence-corrected chi connectivity index (χ3v) is 21.5. The van der Waals surface area contributed by atoms with Crippen LogP contribution in [0.25, 0.3) is 0 Å². The van der Waals surface area contributed by atoms with E-state index in [1.54, 1.807) is 18.3 Å². The summed E-state index contributed by atoms with van der Waals surface area (Å²) in [6.07, 6.45) is 11.9. The first kappa shape index (κ1) is 29.9. The molecule has 0 fully saturated rings. The van der Waals surface area contributed by atoms with Crippen LogP contribution in [0, 0.1) is 0 Å². The minimum absolute atomic E-state index is 0.00273. The van der Waals surface area contributed by atoms with Crippen LogP contribution in [-0.4, -0.2) is 57.0 Å². The van der Waals surface area contributed by atoms with Crippen LogP contribution in [0.4, 0.5) is 0 Å².